The predicted octanol–water partition coefficient (Wildman–Crippen LogP) is 1.12. The van der Waals surface area contributed by atoms with Crippen LogP contribution in [0.25, 0.3) is 0 Å². The number of aliphatic hydroxyl groups is 1. The first-order valence-electron chi connectivity index (χ1n) is 5.82. The molecule has 4 heteroatoms. The average molecular weight is 235 g/mol. The number of aromatic carboxylic acids is 1. The molecule has 1 heterocycles. The van der Waals surface area contributed by atoms with E-state index in [-0.39, 0.29) is 6.10 Å². The van der Waals surface area contributed by atoms with Gasteiger partial charge in [0.05, 0.1) is 11.7 Å². The van der Waals surface area contributed by atoms with Gasteiger partial charge in [-0.3, -0.25) is 4.90 Å². The van der Waals surface area contributed by atoms with E-state index in [1.54, 1.807) is 19.1 Å². The van der Waals surface area contributed by atoms with E-state index in [0.29, 0.717) is 12.1 Å². The Morgan fingerprint density at radius 3 is 2.94 bits per heavy atom. The number of carboxylic acids is 1. The topological polar surface area (TPSA) is 60.8 Å². The highest BCUT2D eigenvalue weighted by Gasteiger charge is 2.21. The zero-order valence-electron chi connectivity index (χ0n) is 9.89. The van der Waals surface area contributed by atoms with Gasteiger partial charge in [-0.05, 0) is 30.5 Å². The van der Waals surface area contributed by atoms with Crippen molar-refractivity contribution in [2.24, 2.45) is 0 Å². The van der Waals surface area contributed by atoms with Crippen molar-refractivity contribution in [2.75, 3.05) is 13.1 Å². The van der Waals surface area contributed by atoms with Crippen molar-refractivity contribution in [3.05, 3.63) is 34.9 Å². The maximum absolute atomic E-state index is 11.1. The molecule has 0 spiro atoms. The number of nitrogens with zero attached hydrogens (tertiary/aromatic N) is 1. The fourth-order valence-electron chi connectivity index (χ4n) is 2.40. The van der Waals surface area contributed by atoms with E-state index in [1.807, 2.05) is 6.07 Å². The van der Waals surface area contributed by atoms with E-state index in [2.05, 4.69) is 4.90 Å². The normalized spacial score (nSPS) is 17.5. The molecule has 1 aromatic carbocycles. The highest BCUT2D eigenvalue weighted by Crippen LogP contribution is 2.22. The third-order valence-electron chi connectivity index (χ3n) is 3.10. The minimum atomic E-state index is -0.856. The summed E-state index contributed by atoms with van der Waals surface area (Å²) in [6.45, 7) is 3.93. The fourth-order valence-corrected chi connectivity index (χ4v) is 2.40. The molecule has 0 aliphatic carbocycles. The maximum Gasteiger partial charge on any atom is 0.335 e. The van der Waals surface area contributed by atoms with Crippen molar-refractivity contribution in [3.63, 3.8) is 0 Å². The molecule has 4 nitrogen and oxygen atoms in total. The number of carbonyl (C=O) groups is 1. The third-order valence-corrected chi connectivity index (χ3v) is 3.10. The fraction of sp³-hybridized carbons (Fsp3) is 0.462. The Kier molecular flexibility index (Phi) is 3.45. The van der Waals surface area contributed by atoms with Gasteiger partial charge in [-0.25, -0.2) is 4.79 Å². The summed E-state index contributed by atoms with van der Waals surface area (Å²) in [6.07, 6.45) is 0.393. The van der Waals surface area contributed by atoms with Gasteiger partial charge in [-0.15, -0.1) is 0 Å². The third kappa shape index (κ3) is 2.65. The molecule has 0 amide bonds. The van der Waals surface area contributed by atoms with E-state index in [9.17, 15) is 9.90 Å². The van der Waals surface area contributed by atoms with Gasteiger partial charge >= 0.3 is 5.97 Å². The van der Waals surface area contributed by atoms with Crippen LogP contribution in [0.1, 0.15) is 28.4 Å². The van der Waals surface area contributed by atoms with Crippen molar-refractivity contribution in [2.45, 2.75) is 26.0 Å². The molecule has 1 unspecified atom stereocenters. The number of hydrogen-bond acceptors (Lipinski definition) is 3. The average Bonchev–Trinajstić information content (AvgIpc) is 2.26. The van der Waals surface area contributed by atoms with Crippen molar-refractivity contribution in [3.8, 4) is 0 Å². The maximum atomic E-state index is 11.1. The summed E-state index contributed by atoms with van der Waals surface area (Å²) in [4.78, 5) is 13.2. The first-order valence-corrected chi connectivity index (χ1v) is 5.82. The Hall–Kier alpha value is -1.39. The zero-order valence-corrected chi connectivity index (χ0v) is 9.89. The quantitative estimate of drug-likeness (QED) is 0.824. The van der Waals surface area contributed by atoms with Crippen molar-refractivity contribution in [1.29, 1.82) is 0 Å². The molecule has 1 aliphatic rings. The second-order valence-corrected chi connectivity index (χ2v) is 4.58. The number of hydrogen-bond donors (Lipinski definition) is 2. The van der Waals surface area contributed by atoms with Crippen LogP contribution in [-0.2, 0) is 13.0 Å². The number of rotatable bonds is 3. The van der Waals surface area contributed by atoms with Gasteiger partial charge in [-0.2, -0.15) is 0 Å². The van der Waals surface area contributed by atoms with Crippen molar-refractivity contribution >= 4 is 5.97 Å². The smallest absolute Gasteiger partial charge is 0.335 e. The Morgan fingerprint density at radius 1 is 1.53 bits per heavy atom. The van der Waals surface area contributed by atoms with Crippen LogP contribution in [0.5, 0.6) is 0 Å². The van der Waals surface area contributed by atoms with Gasteiger partial charge in [0.2, 0.25) is 0 Å². The molecule has 1 aromatic rings. The van der Waals surface area contributed by atoms with Gasteiger partial charge in [-0.1, -0.05) is 12.1 Å². The van der Waals surface area contributed by atoms with E-state index in [0.717, 1.165) is 30.6 Å². The molecule has 0 saturated carbocycles. The summed E-state index contributed by atoms with van der Waals surface area (Å²) < 4.78 is 0. The van der Waals surface area contributed by atoms with E-state index < -0.39 is 5.97 Å². The van der Waals surface area contributed by atoms with E-state index in [4.69, 9.17) is 5.11 Å². The first kappa shape index (κ1) is 12.1. The molecular formula is C13H17NO3. The van der Waals surface area contributed by atoms with E-state index in [1.165, 1.54) is 0 Å². The molecule has 0 fully saturated rings. The molecule has 2 rings (SSSR count). The van der Waals surface area contributed by atoms with Crippen LogP contribution in [0.15, 0.2) is 18.2 Å². The summed E-state index contributed by atoms with van der Waals surface area (Å²) in [5.41, 5.74) is 2.43. The molecule has 92 valence electrons. The van der Waals surface area contributed by atoms with Crippen molar-refractivity contribution in [1.82, 2.24) is 4.90 Å². The molecule has 1 aliphatic heterocycles. The van der Waals surface area contributed by atoms with Crippen LogP contribution >= 0.6 is 0 Å². The first-order chi connectivity index (χ1) is 8.08. The molecule has 1 atom stereocenters. The van der Waals surface area contributed by atoms with Crippen LogP contribution < -0.4 is 0 Å². The molecule has 0 aromatic heterocycles. The lowest BCUT2D eigenvalue weighted by Crippen LogP contribution is -2.36. The van der Waals surface area contributed by atoms with Crippen LogP contribution in [-0.4, -0.2) is 40.3 Å². The van der Waals surface area contributed by atoms with E-state index >= 15 is 0 Å². The Morgan fingerprint density at radius 2 is 2.29 bits per heavy atom. The Labute approximate surface area is 100 Å². The van der Waals surface area contributed by atoms with Crippen LogP contribution in [0.2, 0.25) is 0 Å². The van der Waals surface area contributed by atoms with Crippen molar-refractivity contribution < 1.29 is 15.0 Å². The highest BCUT2D eigenvalue weighted by atomic mass is 16.4. The van der Waals surface area contributed by atoms with Gasteiger partial charge in [0.15, 0.2) is 0 Å². The van der Waals surface area contributed by atoms with Crippen LogP contribution in [0.3, 0.4) is 0 Å². The lowest BCUT2D eigenvalue weighted by molar-refractivity contribution is 0.0693. The number of benzene rings is 1. The molecule has 0 radical (unpaired) electrons. The number of fused-ring (bicyclic) bond motifs is 1. The Balaban J connectivity index is 2.22. The lowest BCUT2D eigenvalue weighted by atomic mass is 9.94. The number of carboxylic acid groups (broad SMARTS) is 1. The molecular weight excluding hydrogens is 218 g/mol. The second-order valence-electron chi connectivity index (χ2n) is 4.58. The standard InChI is InChI=1S/C13H17NO3/c1-9(15)7-14-6-5-11-10(8-14)3-2-4-12(11)13(16)17/h2-4,9,15H,5-8H2,1H3,(H,16,17). The minimum Gasteiger partial charge on any atom is -0.478 e. The zero-order chi connectivity index (χ0) is 12.4. The summed E-state index contributed by atoms with van der Waals surface area (Å²) in [7, 11) is 0. The lowest BCUT2D eigenvalue weighted by Gasteiger charge is -2.30. The largest absolute Gasteiger partial charge is 0.478 e. The summed E-state index contributed by atoms with van der Waals surface area (Å²) in [6, 6.07) is 5.41. The number of β-amino-alcohol motifs (C(OH)–C–C–N with tert-alkyl or cyclic N) is 1. The van der Waals surface area contributed by atoms with Gasteiger partial charge in [0, 0.05) is 19.6 Å². The molecule has 17 heavy (non-hydrogen) atoms. The Bertz CT molecular complexity index is 429. The van der Waals surface area contributed by atoms with Gasteiger partial charge in [0.1, 0.15) is 0 Å². The minimum absolute atomic E-state index is 0.348. The van der Waals surface area contributed by atoms with Gasteiger partial charge < -0.3 is 10.2 Å². The predicted molar refractivity (Wildman–Crippen MR) is 64.1 cm³/mol. The summed E-state index contributed by atoms with van der Waals surface area (Å²) in [5.74, 6) is -0.856. The molecule has 0 saturated heterocycles. The molecule has 2 N–H and O–H groups in total. The molecule has 0 bridgehead atoms. The van der Waals surface area contributed by atoms with Gasteiger partial charge in [0.25, 0.3) is 0 Å². The van der Waals surface area contributed by atoms with Crippen LogP contribution in [0.4, 0.5) is 0 Å². The monoisotopic (exact) mass is 235 g/mol. The summed E-state index contributed by atoms with van der Waals surface area (Å²) >= 11 is 0. The summed E-state index contributed by atoms with van der Waals surface area (Å²) in [5, 5.41) is 18.5. The SMILES string of the molecule is CC(O)CN1CCc2c(cccc2C(=O)O)C1. The second kappa shape index (κ2) is 4.85. The highest BCUT2D eigenvalue weighted by molar-refractivity contribution is 5.89. The van der Waals surface area contributed by atoms with Crippen LogP contribution in [0, 0.1) is 0 Å². The number of aliphatic hydroxyl groups excluding tert-OH is 1.